The van der Waals surface area contributed by atoms with E-state index in [9.17, 15) is 20.0 Å². The number of aliphatic carboxylic acids is 1. The average Bonchev–Trinajstić information content (AvgIpc) is 3.21. The Morgan fingerprint density at radius 3 is 2.55 bits per heavy atom. The zero-order valence-electron chi connectivity index (χ0n) is 18.3. The number of nitriles is 1. The third-order valence-corrected chi connectivity index (χ3v) is 6.83. The van der Waals surface area contributed by atoms with Crippen LogP contribution in [0.15, 0.2) is 24.5 Å². The van der Waals surface area contributed by atoms with E-state index < -0.39 is 11.4 Å². The highest BCUT2D eigenvalue weighted by Gasteiger charge is 2.37. The number of carbonyl (C=O) groups is 2. The van der Waals surface area contributed by atoms with E-state index in [2.05, 4.69) is 31.7 Å². The highest BCUT2D eigenvalue weighted by molar-refractivity contribution is 7.22. The standard InChI is InChI=1S/C22H23N7O3S/c1-3-24-20(32)28-21-27-16-9-13(8-14(10-23)17(16)33-21)15-11-25-19(26-12-15)29-6-4-22(2,5-7-29)18(30)31/h8-9,11-12H,3-7H2,1-2H3,(H,30,31)(H2,24,27,28,32). The molecule has 0 atom stereocenters. The Morgan fingerprint density at radius 2 is 1.94 bits per heavy atom. The summed E-state index contributed by atoms with van der Waals surface area (Å²) in [5.74, 6) is -0.219. The third kappa shape index (κ3) is 4.56. The maximum Gasteiger partial charge on any atom is 0.321 e. The molecule has 0 radical (unpaired) electrons. The molecule has 170 valence electrons. The number of hydrogen-bond donors (Lipinski definition) is 3. The average molecular weight is 466 g/mol. The summed E-state index contributed by atoms with van der Waals surface area (Å²) < 4.78 is 0.695. The van der Waals surface area contributed by atoms with Gasteiger partial charge >= 0.3 is 12.0 Å². The van der Waals surface area contributed by atoms with Gasteiger partial charge in [0.25, 0.3) is 0 Å². The number of anilines is 2. The monoisotopic (exact) mass is 465 g/mol. The quantitative estimate of drug-likeness (QED) is 0.520. The van der Waals surface area contributed by atoms with Crippen molar-refractivity contribution in [2.45, 2.75) is 26.7 Å². The van der Waals surface area contributed by atoms with Gasteiger partial charge in [0.2, 0.25) is 5.95 Å². The molecule has 0 unspecified atom stereocenters. The molecule has 3 aromatic rings. The second-order valence-corrected chi connectivity index (χ2v) is 9.11. The number of hydrogen-bond acceptors (Lipinski definition) is 8. The van der Waals surface area contributed by atoms with Crippen LogP contribution in [-0.4, -0.2) is 51.7 Å². The van der Waals surface area contributed by atoms with Gasteiger partial charge in [0.1, 0.15) is 6.07 Å². The zero-order chi connectivity index (χ0) is 23.6. The van der Waals surface area contributed by atoms with Crippen molar-refractivity contribution in [2.75, 3.05) is 29.9 Å². The molecule has 0 spiro atoms. The minimum absolute atomic E-state index is 0.347. The van der Waals surface area contributed by atoms with Crippen molar-refractivity contribution in [1.29, 1.82) is 5.26 Å². The molecule has 1 aromatic carbocycles. The first-order valence-corrected chi connectivity index (χ1v) is 11.3. The van der Waals surface area contributed by atoms with Gasteiger partial charge in [-0.2, -0.15) is 5.26 Å². The largest absolute Gasteiger partial charge is 0.481 e. The van der Waals surface area contributed by atoms with Crippen LogP contribution in [-0.2, 0) is 4.79 Å². The number of fused-ring (bicyclic) bond motifs is 1. The zero-order valence-corrected chi connectivity index (χ0v) is 19.1. The number of rotatable bonds is 5. The van der Waals surface area contributed by atoms with Gasteiger partial charge < -0.3 is 15.3 Å². The van der Waals surface area contributed by atoms with Crippen molar-refractivity contribution >= 4 is 44.6 Å². The lowest BCUT2D eigenvalue weighted by molar-refractivity contribution is -0.149. The lowest BCUT2D eigenvalue weighted by atomic mass is 9.80. The maximum absolute atomic E-state index is 11.8. The normalized spacial score (nSPS) is 15.1. The summed E-state index contributed by atoms with van der Waals surface area (Å²) in [6, 6.07) is 5.45. The first-order valence-electron chi connectivity index (χ1n) is 10.5. The van der Waals surface area contributed by atoms with Crippen LogP contribution in [0.3, 0.4) is 0 Å². The smallest absolute Gasteiger partial charge is 0.321 e. The Morgan fingerprint density at radius 1 is 1.24 bits per heavy atom. The van der Waals surface area contributed by atoms with Crippen LogP contribution in [0.25, 0.3) is 21.3 Å². The summed E-state index contributed by atoms with van der Waals surface area (Å²) in [6.45, 7) is 5.25. The second-order valence-electron chi connectivity index (χ2n) is 8.11. The van der Waals surface area contributed by atoms with E-state index in [0.29, 0.717) is 59.3 Å². The molecule has 1 fully saturated rings. The Kier molecular flexibility index (Phi) is 6.11. The van der Waals surface area contributed by atoms with E-state index >= 15 is 0 Å². The van der Waals surface area contributed by atoms with E-state index in [4.69, 9.17) is 0 Å². The number of aromatic nitrogens is 3. The molecule has 1 saturated heterocycles. The molecule has 2 amide bonds. The van der Waals surface area contributed by atoms with Crippen LogP contribution >= 0.6 is 11.3 Å². The molecule has 11 heteroatoms. The van der Waals surface area contributed by atoms with Crippen LogP contribution in [0.4, 0.5) is 15.9 Å². The summed E-state index contributed by atoms with van der Waals surface area (Å²) in [5, 5.41) is 24.8. The molecule has 3 heterocycles. The fourth-order valence-corrected chi connectivity index (χ4v) is 4.59. The first kappa shape index (κ1) is 22.4. The van der Waals surface area contributed by atoms with Crippen LogP contribution < -0.4 is 15.5 Å². The molecule has 0 aliphatic carbocycles. The van der Waals surface area contributed by atoms with Gasteiger partial charge in [0, 0.05) is 37.6 Å². The number of carboxylic acids is 1. The molecule has 0 saturated carbocycles. The first-order chi connectivity index (χ1) is 15.8. The van der Waals surface area contributed by atoms with Crippen molar-refractivity contribution in [3.05, 3.63) is 30.1 Å². The predicted molar refractivity (Wildman–Crippen MR) is 125 cm³/mol. The number of urea groups is 1. The number of piperidine rings is 1. The summed E-state index contributed by atoms with van der Waals surface area (Å²) >= 11 is 1.24. The van der Waals surface area contributed by atoms with Gasteiger partial charge in [-0.25, -0.2) is 19.7 Å². The maximum atomic E-state index is 11.8. The van der Waals surface area contributed by atoms with Crippen molar-refractivity contribution in [3.8, 4) is 17.2 Å². The van der Waals surface area contributed by atoms with E-state index in [1.54, 1.807) is 25.4 Å². The number of nitrogens with one attached hydrogen (secondary N) is 2. The molecule has 0 bridgehead atoms. The SMILES string of the molecule is CCNC(=O)Nc1nc2cc(-c3cnc(N4CCC(C)(C(=O)O)CC4)nc3)cc(C#N)c2s1. The van der Waals surface area contributed by atoms with Crippen LogP contribution in [0, 0.1) is 16.7 Å². The number of amides is 2. The number of benzene rings is 1. The molecule has 4 rings (SSSR count). The van der Waals surface area contributed by atoms with E-state index in [1.165, 1.54) is 11.3 Å². The number of carbonyl (C=O) groups excluding carboxylic acids is 1. The van der Waals surface area contributed by atoms with Crippen molar-refractivity contribution in [1.82, 2.24) is 20.3 Å². The Hall–Kier alpha value is -3.78. The Balaban J connectivity index is 1.56. The number of carboxylic acid groups (broad SMARTS) is 1. The summed E-state index contributed by atoms with van der Waals surface area (Å²) in [4.78, 5) is 38.6. The van der Waals surface area contributed by atoms with Crippen LogP contribution in [0.1, 0.15) is 32.3 Å². The Bertz CT molecular complexity index is 1240. The van der Waals surface area contributed by atoms with Gasteiger partial charge in [0.15, 0.2) is 5.13 Å². The van der Waals surface area contributed by atoms with E-state index in [-0.39, 0.29) is 6.03 Å². The summed E-state index contributed by atoms with van der Waals surface area (Å²) in [7, 11) is 0. The third-order valence-electron chi connectivity index (χ3n) is 5.81. The van der Waals surface area contributed by atoms with E-state index in [0.717, 1.165) is 11.1 Å². The lowest BCUT2D eigenvalue weighted by Crippen LogP contribution is -2.43. The number of thiazole rings is 1. The molecule has 1 aliphatic heterocycles. The molecule has 33 heavy (non-hydrogen) atoms. The van der Waals surface area contributed by atoms with Gasteiger partial charge in [-0.1, -0.05) is 11.3 Å². The molecule has 2 aromatic heterocycles. The highest BCUT2D eigenvalue weighted by atomic mass is 32.1. The molecular weight excluding hydrogens is 442 g/mol. The molecule has 1 aliphatic rings. The summed E-state index contributed by atoms with van der Waals surface area (Å²) in [5.41, 5.74) is 1.83. The molecular formula is C22H23N7O3S. The molecule has 3 N–H and O–H groups in total. The van der Waals surface area contributed by atoms with Crippen molar-refractivity contribution < 1.29 is 14.7 Å². The van der Waals surface area contributed by atoms with Crippen LogP contribution in [0.2, 0.25) is 0 Å². The second kappa shape index (κ2) is 8.99. The van der Waals surface area contributed by atoms with Crippen molar-refractivity contribution in [3.63, 3.8) is 0 Å². The van der Waals surface area contributed by atoms with Gasteiger partial charge in [0.05, 0.1) is 21.2 Å². The Labute approximate surface area is 194 Å². The van der Waals surface area contributed by atoms with Gasteiger partial charge in [-0.15, -0.1) is 0 Å². The fourth-order valence-electron chi connectivity index (χ4n) is 3.69. The summed E-state index contributed by atoms with van der Waals surface area (Å²) in [6.07, 6.45) is 4.45. The number of nitrogens with zero attached hydrogens (tertiary/aromatic N) is 5. The highest BCUT2D eigenvalue weighted by Crippen LogP contribution is 2.34. The van der Waals surface area contributed by atoms with Gasteiger partial charge in [-0.05, 0) is 44.4 Å². The van der Waals surface area contributed by atoms with Gasteiger partial charge in [-0.3, -0.25) is 10.1 Å². The lowest BCUT2D eigenvalue weighted by Gasteiger charge is -2.36. The van der Waals surface area contributed by atoms with E-state index in [1.807, 2.05) is 17.9 Å². The minimum atomic E-state index is -0.770. The van der Waals surface area contributed by atoms with Crippen LogP contribution in [0.5, 0.6) is 0 Å². The topological polar surface area (TPSA) is 144 Å². The fraction of sp³-hybridized carbons (Fsp3) is 0.364. The van der Waals surface area contributed by atoms with Crippen molar-refractivity contribution in [2.24, 2.45) is 5.41 Å². The minimum Gasteiger partial charge on any atom is -0.481 e. The molecule has 10 nitrogen and oxygen atoms in total. The predicted octanol–water partition coefficient (Wildman–Crippen LogP) is 3.46.